The molecule has 0 aromatic carbocycles. The van der Waals surface area contributed by atoms with Gasteiger partial charge in [-0.1, -0.05) is 195 Å². The van der Waals surface area contributed by atoms with E-state index in [0.717, 1.165) is 83.5 Å². The van der Waals surface area contributed by atoms with E-state index in [2.05, 4.69) is 69.4 Å². The van der Waals surface area contributed by atoms with Crippen LogP contribution in [0.3, 0.4) is 0 Å². The van der Waals surface area contributed by atoms with Crippen molar-refractivity contribution in [2.45, 2.75) is 194 Å². The molecule has 0 heterocycles. The van der Waals surface area contributed by atoms with Crippen LogP contribution in [0.1, 0.15) is 188 Å². The van der Waals surface area contributed by atoms with Gasteiger partial charge in [0.25, 0.3) is 0 Å². The molecule has 0 spiro atoms. The SMILES string of the molecule is CC\C=C/C=C\C=C/C=C\C=C/CCCCCC(=O)OCC(COC(=O)CCCCCCCCCCCCCC)OC(=O)CCCC/C=C\C/C=C\C/C=C\CC. The van der Waals surface area contributed by atoms with Crippen LogP contribution in [0.5, 0.6) is 0 Å². The maximum absolute atomic E-state index is 12.7. The lowest BCUT2D eigenvalue weighted by atomic mass is 10.0. The molecule has 6 heteroatoms. The van der Waals surface area contributed by atoms with Gasteiger partial charge in [-0.25, -0.2) is 0 Å². The molecule has 6 nitrogen and oxygen atoms in total. The Bertz CT molecular complexity index is 1180. The Morgan fingerprint density at radius 3 is 1.32 bits per heavy atom. The molecular formula is C51H82O6. The molecule has 0 aliphatic rings. The minimum absolute atomic E-state index is 0.107. The number of allylic oxidation sites excluding steroid dienone is 16. The van der Waals surface area contributed by atoms with Gasteiger partial charge < -0.3 is 14.2 Å². The Kier molecular flexibility index (Phi) is 42.1. The van der Waals surface area contributed by atoms with Crippen molar-refractivity contribution in [1.82, 2.24) is 0 Å². The number of unbranched alkanes of at least 4 members (excludes halogenated alkanes) is 16. The predicted octanol–water partition coefficient (Wildman–Crippen LogP) is 14.6. The number of rotatable bonds is 39. The zero-order valence-corrected chi connectivity index (χ0v) is 36.6. The number of carbonyl (C=O) groups is 3. The topological polar surface area (TPSA) is 78.9 Å². The van der Waals surface area contributed by atoms with Crippen molar-refractivity contribution in [3.8, 4) is 0 Å². The van der Waals surface area contributed by atoms with Gasteiger partial charge in [0.05, 0.1) is 0 Å². The third-order valence-electron chi connectivity index (χ3n) is 9.21. The van der Waals surface area contributed by atoms with Gasteiger partial charge in [0, 0.05) is 19.3 Å². The summed E-state index contributed by atoms with van der Waals surface area (Å²) in [6.07, 6.45) is 58.2. The maximum atomic E-state index is 12.7. The average molecular weight is 791 g/mol. The molecule has 322 valence electrons. The molecule has 0 N–H and O–H groups in total. The van der Waals surface area contributed by atoms with Crippen LogP contribution in [0, 0.1) is 0 Å². The second-order valence-corrected chi connectivity index (χ2v) is 14.7. The van der Waals surface area contributed by atoms with Crippen LogP contribution in [0.2, 0.25) is 0 Å². The lowest BCUT2D eigenvalue weighted by Gasteiger charge is -2.18. The summed E-state index contributed by atoms with van der Waals surface area (Å²) >= 11 is 0. The van der Waals surface area contributed by atoms with E-state index in [4.69, 9.17) is 14.2 Å². The molecule has 0 bridgehead atoms. The minimum atomic E-state index is -0.812. The Hall–Kier alpha value is -3.67. The van der Waals surface area contributed by atoms with E-state index in [0.29, 0.717) is 19.3 Å². The van der Waals surface area contributed by atoms with Crippen molar-refractivity contribution in [2.24, 2.45) is 0 Å². The van der Waals surface area contributed by atoms with E-state index in [1.165, 1.54) is 57.8 Å². The van der Waals surface area contributed by atoms with E-state index in [9.17, 15) is 14.4 Å². The normalized spacial score (nSPS) is 13.0. The van der Waals surface area contributed by atoms with E-state index in [-0.39, 0.29) is 37.5 Å². The highest BCUT2D eigenvalue weighted by molar-refractivity contribution is 5.71. The van der Waals surface area contributed by atoms with Gasteiger partial charge in [-0.05, 0) is 70.6 Å². The molecule has 0 saturated heterocycles. The first-order chi connectivity index (χ1) is 28.0. The second kappa shape index (κ2) is 45.0. The second-order valence-electron chi connectivity index (χ2n) is 14.7. The zero-order valence-electron chi connectivity index (χ0n) is 36.6. The Morgan fingerprint density at radius 2 is 0.772 bits per heavy atom. The number of hydrogen-bond acceptors (Lipinski definition) is 6. The van der Waals surface area contributed by atoms with Crippen LogP contribution < -0.4 is 0 Å². The molecule has 1 atom stereocenters. The van der Waals surface area contributed by atoms with Crippen molar-refractivity contribution in [3.05, 3.63) is 97.2 Å². The highest BCUT2D eigenvalue weighted by atomic mass is 16.6. The van der Waals surface area contributed by atoms with Crippen LogP contribution in [-0.4, -0.2) is 37.2 Å². The van der Waals surface area contributed by atoms with Gasteiger partial charge in [-0.3, -0.25) is 14.4 Å². The lowest BCUT2D eigenvalue weighted by Crippen LogP contribution is -2.30. The van der Waals surface area contributed by atoms with Gasteiger partial charge in [0.2, 0.25) is 0 Å². The van der Waals surface area contributed by atoms with Crippen molar-refractivity contribution in [1.29, 1.82) is 0 Å². The highest BCUT2D eigenvalue weighted by Gasteiger charge is 2.19. The fourth-order valence-corrected chi connectivity index (χ4v) is 5.83. The smallest absolute Gasteiger partial charge is 0.306 e. The summed E-state index contributed by atoms with van der Waals surface area (Å²) in [5, 5.41) is 0. The third-order valence-corrected chi connectivity index (χ3v) is 9.21. The van der Waals surface area contributed by atoms with Gasteiger partial charge in [0.15, 0.2) is 6.10 Å². The fourth-order valence-electron chi connectivity index (χ4n) is 5.83. The molecular weight excluding hydrogens is 709 g/mol. The van der Waals surface area contributed by atoms with E-state index in [1.807, 2.05) is 48.6 Å². The summed E-state index contributed by atoms with van der Waals surface area (Å²) in [7, 11) is 0. The van der Waals surface area contributed by atoms with Crippen LogP contribution >= 0.6 is 0 Å². The van der Waals surface area contributed by atoms with Crippen LogP contribution in [0.15, 0.2) is 97.2 Å². The zero-order chi connectivity index (χ0) is 41.5. The summed E-state index contributed by atoms with van der Waals surface area (Å²) in [5.74, 6) is -1.000. The largest absolute Gasteiger partial charge is 0.462 e. The Labute approximate surface area is 349 Å². The molecule has 0 amide bonds. The predicted molar refractivity (Wildman–Crippen MR) is 242 cm³/mol. The van der Waals surface area contributed by atoms with Crippen molar-refractivity contribution in [2.75, 3.05) is 13.2 Å². The van der Waals surface area contributed by atoms with E-state index >= 15 is 0 Å². The van der Waals surface area contributed by atoms with Crippen LogP contribution in [-0.2, 0) is 28.6 Å². The van der Waals surface area contributed by atoms with E-state index in [1.54, 1.807) is 0 Å². The standard InChI is InChI=1S/C51H82O6/c1-4-7-10-13-16-19-22-25-26-27-30-32-35-38-41-44-50(53)56-47-48(57-51(54)45-42-39-36-33-29-24-21-18-15-12-9-6-3)46-55-49(52)43-40-37-34-31-28-23-20-17-14-11-8-5-2/h7,9-10,12-13,16,18-19,21-22,25-27,29-30,33,48H,4-6,8,11,14-15,17,20,23-24,28,31-32,34-47H2,1-3H3/b10-7-,12-9-,16-13-,21-18-,22-19-,26-25-,30-27-,33-29-. The molecule has 0 aromatic heterocycles. The molecule has 0 radical (unpaired) electrons. The summed E-state index contributed by atoms with van der Waals surface area (Å²) in [4.78, 5) is 37.7. The summed E-state index contributed by atoms with van der Waals surface area (Å²) in [5.41, 5.74) is 0. The Morgan fingerprint density at radius 1 is 0.386 bits per heavy atom. The highest BCUT2D eigenvalue weighted by Crippen LogP contribution is 2.13. The molecule has 1 unspecified atom stereocenters. The van der Waals surface area contributed by atoms with Gasteiger partial charge >= 0.3 is 17.9 Å². The fraction of sp³-hybridized carbons (Fsp3) is 0.627. The lowest BCUT2D eigenvalue weighted by molar-refractivity contribution is -0.167. The quantitative estimate of drug-likeness (QED) is 0.0203. The Balaban J connectivity index is 4.53. The molecule has 0 aliphatic heterocycles. The number of ether oxygens (including phenoxy) is 3. The minimum Gasteiger partial charge on any atom is -0.462 e. The molecule has 0 rings (SSSR count). The molecule has 0 fully saturated rings. The van der Waals surface area contributed by atoms with Gasteiger partial charge in [-0.2, -0.15) is 0 Å². The number of hydrogen-bond donors (Lipinski definition) is 0. The molecule has 0 aromatic rings. The van der Waals surface area contributed by atoms with Gasteiger partial charge in [0.1, 0.15) is 13.2 Å². The van der Waals surface area contributed by atoms with Crippen LogP contribution in [0.4, 0.5) is 0 Å². The molecule has 0 aliphatic carbocycles. The van der Waals surface area contributed by atoms with Crippen molar-refractivity contribution >= 4 is 17.9 Å². The average Bonchev–Trinajstić information content (AvgIpc) is 3.21. The first-order valence-electron chi connectivity index (χ1n) is 22.8. The van der Waals surface area contributed by atoms with Crippen LogP contribution in [0.25, 0.3) is 0 Å². The first-order valence-corrected chi connectivity index (χ1v) is 22.8. The number of carbonyl (C=O) groups excluding carboxylic acids is 3. The summed E-state index contributed by atoms with van der Waals surface area (Å²) in [6, 6.07) is 0. The number of esters is 3. The summed E-state index contributed by atoms with van der Waals surface area (Å²) in [6.45, 7) is 6.28. The van der Waals surface area contributed by atoms with Gasteiger partial charge in [-0.15, -0.1) is 0 Å². The van der Waals surface area contributed by atoms with Crippen molar-refractivity contribution < 1.29 is 28.6 Å². The monoisotopic (exact) mass is 791 g/mol. The third kappa shape index (κ3) is 43.3. The maximum Gasteiger partial charge on any atom is 0.306 e. The first kappa shape index (κ1) is 53.3. The molecule has 0 saturated carbocycles. The molecule has 57 heavy (non-hydrogen) atoms. The van der Waals surface area contributed by atoms with Crippen molar-refractivity contribution in [3.63, 3.8) is 0 Å². The summed E-state index contributed by atoms with van der Waals surface area (Å²) < 4.78 is 16.6. The van der Waals surface area contributed by atoms with E-state index < -0.39 is 6.10 Å².